The van der Waals surface area contributed by atoms with Crippen LogP contribution in [0.4, 0.5) is 0 Å². The molecule has 0 aromatic rings. The van der Waals surface area contributed by atoms with Gasteiger partial charge in [0.05, 0.1) is 18.5 Å². The molecule has 1 atom stereocenters. The van der Waals surface area contributed by atoms with E-state index in [0.717, 1.165) is 25.7 Å². The van der Waals surface area contributed by atoms with Gasteiger partial charge in [-0.05, 0) is 25.7 Å². The summed E-state index contributed by atoms with van der Waals surface area (Å²) in [5.74, 6) is 0.433. The van der Waals surface area contributed by atoms with Crippen molar-refractivity contribution in [1.82, 2.24) is 0 Å². The summed E-state index contributed by atoms with van der Waals surface area (Å²) in [5.41, 5.74) is -0.340. The number of halogens is 1. The molecule has 0 fully saturated rings. The Labute approximate surface area is 123 Å². The maximum atomic E-state index is 11.5. The summed E-state index contributed by atoms with van der Waals surface area (Å²) in [6.45, 7) is 10.8. The molecule has 0 amide bonds. The van der Waals surface area contributed by atoms with Gasteiger partial charge in [-0.3, -0.25) is 0 Å². The zero-order chi connectivity index (χ0) is 15.1. The molecule has 19 heavy (non-hydrogen) atoms. The van der Waals surface area contributed by atoms with Gasteiger partial charge in [-0.15, -0.1) is 0 Å². The highest BCUT2D eigenvalue weighted by Crippen LogP contribution is 2.34. The third kappa shape index (κ3) is 8.16. The van der Waals surface area contributed by atoms with Crippen LogP contribution in [0.2, 0.25) is 0 Å². The predicted molar refractivity (Wildman–Crippen MR) is 82.1 cm³/mol. The molecule has 0 aliphatic rings. The summed E-state index contributed by atoms with van der Waals surface area (Å²) < 4.78 is 28.9. The summed E-state index contributed by atoms with van der Waals surface area (Å²) in [4.78, 5) is 0. The first-order valence-electron chi connectivity index (χ1n) is 7.19. The number of rotatable bonds is 10. The second-order valence-corrected chi connectivity index (χ2v) is 8.72. The first-order chi connectivity index (χ1) is 8.66. The van der Waals surface area contributed by atoms with Crippen molar-refractivity contribution in [1.29, 1.82) is 0 Å². The lowest BCUT2D eigenvalue weighted by Gasteiger charge is -2.34. The monoisotopic (exact) mass is 312 g/mol. The van der Waals surface area contributed by atoms with Crippen LogP contribution in [0.5, 0.6) is 0 Å². The standard InChI is InChI=1S/C14H29ClO3S/c1-6-8-14(9-7-2,11-19(15,16)17)10-18-13(5)12(3)4/h12-13H,6-11H2,1-5H3. The molecule has 0 spiro atoms. The Morgan fingerprint density at radius 1 is 1.11 bits per heavy atom. The fourth-order valence-electron chi connectivity index (χ4n) is 2.38. The van der Waals surface area contributed by atoms with Gasteiger partial charge in [0.1, 0.15) is 0 Å². The van der Waals surface area contributed by atoms with Crippen molar-refractivity contribution in [3.8, 4) is 0 Å². The fraction of sp³-hybridized carbons (Fsp3) is 1.00. The SMILES string of the molecule is CCCC(CCC)(COC(C)C(C)C)CS(=O)(=O)Cl. The predicted octanol–water partition coefficient (Wildman–Crippen LogP) is 4.20. The molecule has 0 saturated heterocycles. The molecular weight excluding hydrogens is 284 g/mol. The van der Waals surface area contributed by atoms with E-state index in [0.29, 0.717) is 12.5 Å². The minimum Gasteiger partial charge on any atom is -0.378 e. The lowest BCUT2D eigenvalue weighted by atomic mass is 9.82. The molecular formula is C14H29ClO3S. The van der Waals surface area contributed by atoms with Crippen LogP contribution in [0.25, 0.3) is 0 Å². The smallest absolute Gasteiger partial charge is 0.233 e. The summed E-state index contributed by atoms with van der Waals surface area (Å²) in [5, 5.41) is 0. The number of hydrogen-bond donors (Lipinski definition) is 0. The van der Waals surface area contributed by atoms with Crippen molar-refractivity contribution in [3.05, 3.63) is 0 Å². The maximum Gasteiger partial charge on any atom is 0.233 e. The van der Waals surface area contributed by atoms with E-state index < -0.39 is 9.05 Å². The molecule has 0 radical (unpaired) electrons. The molecule has 0 aliphatic carbocycles. The van der Waals surface area contributed by atoms with Gasteiger partial charge >= 0.3 is 0 Å². The molecule has 0 bridgehead atoms. The molecule has 0 aromatic carbocycles. The lowest BCUT2D eigenvalue weighted by Crippen LogP contribution is -2.35. The van der Waals surface area contributed by atoms with Gasteiger partial charge in [-0.25, -0.2) is 8.42 Å². The largest absolute Gasteiger partial charge is 0.378 e. The van der Waals surface area contributed by atoms with Crippen LogP contribution < -0.4 is 0 Å². The van der Waals surface area contributed by atoms with Gasteiger partial charge < -0.3 is 4.74 Å². The second-order valence-electron chi connectivity index (χ2n) is 5.94. The zero-order valence-corrected chi connectivity index (χ0v) is 14.5. The van der Waals surface area contributed by atoms with Gasteiger partial charge in [-0.1, -0.05) is 40.5 Å². The molecule has 1 unspecified atom stereocenters. The average Bonchev–Trinajstić information content (AvgIpc) is 2.24. The van der Waals surface area contributed by atoms with Crippen molar-refractivity contribution in [2.75, 3.05) is 12.4 Å². The van der Waals surface area contributed by atoms with Gasteiger partial charge in [0.15, 0.2) is 0 Å². The highest BCUT2D eigenvalue weighted by atomic mass is 35.7. The van der Waals surface area contributed by atoms with E-state index in [1.807, 2.05) is 6.92 Å². The number of ether oxygens (including phenoxy) is 1. The van der Waals surface area contributed by atoms with Gasteiger partial charge in [0.25, 0.3) is 0 Å². The molecule has 0 aliphatic heterocycles. The van der Waals surface area contributed by atoms with E-state index >= 15 is 0 Å². The zero-order valence-electron chi connectivity index (χ0n) is 12.9. The quantitative estimate of drug-likeness (QED) is 0.568. The Hall–Kier alpha value is 0.200. The molecule has 0 aromatic heterocycles. The summed E-state index contributed by atoms with van der Waals surface area (Å²) in [7, 11) is 1.98. The second kappa shape index (κ2) is 8.48. The molecule has 0 heterocycles. The highest BCUT2D eigenvalue weighted by molar-refractivity contribution is 8.13. The van der Waals surface area contributed by atoms with Crippen LogP contribution in [0.15, 0.2) is 0 Å². The van der Waals surface area contributed by atoms with Crippen LogP contribution in [-0.2, 0) is 13.8 Å². The van der Waals surface area contributed by atoms with E-state index in [-0.39, 0.29) is 17.3 Å². The Bertz CT molecular complexity index is 333. The van der Waals surface area contributed by atoms with Gasteiger partial charge in [0, 0.05) is 16.1 Å². The van der Waals surface area contributed by atoms with Gasteiger partial charge in [0.2, 0.25) is 9.05 Å². The van der Waals surface area contributed by atoms with E-state index in [1.165, 1.54) is 0 Å². The van der Waals surface area contributed by atoms with Gasteiger partial charge in [-0.2, -0.15) is 0 Å². The summed E-state index contributed by atoms with van der Waals surface area (Å²) in [6, 6.07) is 0. The molecule has 3 nitrogen and oxygen atoms in total. The first kappa shape index (κ1) is 19.2. The third-order valence-corrected chi connectivity index (χ3v) is 4.92. The van der Waals surface area contributed by atoms with Crippen LogP contribution in [0.3, 0.4) is 0 Å². The van der Waals surface area contributed by atoms with Crippen LogP contribution in [0.1, 0.15) is 60.3 Å². The Balaban J connectivity index is 4.90. The average molecular weight is 313 g/mol. The van der Waals surface area contributed by atoms with Crippen molar-refractivity contribution in [2.45, 2.75) is 66.4 Å². The number of hydrogen-bond acceptors (Lipinski definition) is 3. The van der Waals surface area contributed by atoms with Crippen molar-refractivity contribution >= 4 is 19.7 Å². The molecule has 0 N–H and O–H groups in total. The Morgan fingerprint density at radius 2 is 1.58 bits per heavy atom. The van der Waals surface area contributed by atoms with E-state index in [1.54, 1.807) is 0 Å². The Morgan fingerprint density at radius 3 is 1.89 bits per heavy atom. The summed E-state index contributed by atoms with van der Waals surface area (Å²) >= 11 is 0. The van der Waals surface area contributed by atoms with Crippen molar-refractivity contribution < 1.29 is 13.2 Å². The fourth-order valence-corrected chi connectivity index (χ4v) is 4.18. The molecule has 5 heteroatoms. The third-order valence-electron chi connectivity index (χ3n) is 3.63. The van der Waals surface area contributed by atoms with Crippen molar-refractivity contribution in [2.24, 2.45) is 11.3 Å². The first-order valence-corrected chi connectivity index (χ1v) is 9.67. The van der Waals surface area contributed by atoms with Crippen LogP contribution >= 0.6 is 10.7 Å². The van der Waals surface area contributed by atoms with Crippen LogP contribution in [-0.4, -0.2) is 26.9 Å². The molecule has 0 rings (SSSR count). The lowest BCUT2D eigenvalue weighted by molar-refractivity contribution is -0.0206. The highest BCUT2D eigenvalue weighted by Gasteiger charge is 2.34. The molecule has 116 valence electrons. The van der Waals surface area contributed by atoms with E-state index in [9.17, 15) is 8.42 Å². The molecule has 0 saturated carbocycles. The maximum absolute atomic E-state index is 11.5. The van der Waals surface area contributed by atoms with E-state index in [4.69, 9.17) is 15.4 Å². The minimum atomic E-state index is -3.50. The normalized spacial score (nSPS) is 14.9. The summed E-state index contributed by atoms with van der Waals surface area (Å²) in [6.07, 6.45) is 3.67. The van der Waals surface area contributed by atoms with E-state index in [2.05, 4.69) is 27.7 Å². The van der Waals surface area contributed by atoms with Crippen LogP contribution in [0, 0.1) is 11.3 Å². The van der Waals surface area contributed by atoms with Crippen molar-refractivity contribution in [3.63, 3.8) is 0 Å². The Kier molecular flexibility index (Phi) is 8.57. The topological polar surface area (TPSA) is 43.4 Å². The minimum absolute atomic E-state index is 0.00799.